The highest BCUT2D eigenvalue weighted by atomic mass is 32.2. The molecule has 0 bridgehead atoms. The Labute approximate surface area is 131 Å². The molecule has 8 heteroatoms. The van der Waals surface area contributed by atoms with E-state index < -0.39 is 15.8 Å². The number of hydrogen-bond acceptors (Lipinski definition) is 5. The summed E-state index contributed by atoms with van der Waals surface area (Å²) in [6.07, 6.45) is 4.92. The van der Waals surface area contributed by atoms with Gasteiger partial charge in [-0.3, -0.25) is 4.98 Å². The minimum Gasteiger partial charge on any atom is -0.489 e. The van der Waals surface area contributed by atoms with Crippen LogP contribution in [-0.4, -0.2) is 67.5 Å². The lowest BCUT2D eigenvalue weighted by molar-refractivity contribution is -0.165. The molecule has 1 aromatic rings. The Morgan fingerprint density at radius 3 is 2.86 bits per heavy atom. The molecule has 7 nitrogen and oxygen atoms in total. The van der Waals surface area contributed by atoms with E-state index in [2.05, 4.69) is 4.98 Å². The van der Waals surface area contributed by atoms with Crippen LogP contribution in [0.25, 0.3) is 0 Å². The monoisotopic (exact) mass is 327 g/mol. The van der Waals surface area contributed by atoms with Crippen LogP contribution in [0.2, 0.25) is 0 Å². The third kappa shape index (κ3) is 2.96. The van der Waals surface area contributed by atoms with E-state index >= 15 is 0 Å². The van der Waals surface area contributed by atoms with Crippen molar-refractivity contribution in [2.24, 2.45) is 0 Å². The molecule has 0 aromatic carbocycles. The van der Waals surface area contributed by atoms with Crippen molar-refractivity contribution in [2.75, 3.05) is 33.8 Å². The maximum atomic E-state index is 12.1. The van der Waals surface area contributed by atoms with Gasteiger partial charge in [0.25, 0.3) is 10.2 Å². The first-order valence-electron chi connectivity index (χ1n) is 7.30. The first-order valence-corrected chi connectivity index (χ1v) is 8.69. The summed E-state index contributed by atoms with van der Waals surface area (Å²) in [5.74, 6) is 0.738. The Balaban J connectivity index is 1.61. The van der Waals surface area contributed by atoms with E-state index in [9.17, 15) is 8.42 Å². The Hall–Kier alpha value is -1.22. The highest BCUT2D eigenvalue weighted by molar-refractivity contribution is 7.86. The minimum atomic E-state index is -3.36. The summed E-state index contributed by atoms with van der Waals surface area (Å²) >= 11 is 0. The van der Waals surface area contributed by atoms with E-state index in [1.165, 1.54) is 22.7 Å². The van der Waals surface area contributed by atoms with Crippen molar-refractivity contribution in [3.63, 3.8) is 0 Å². The third-order valence-corrected chi connectivity index (χ3v) is 5.94. The maximum Gasteiger partial charge on any atom is 0.281 e. The van der Waals surface area contributed by atoms with Gasteiger partial charge in [-0.1, -0.05) is 0 Å². The smallest absolute Gasteiger partial charge is 0.281 e. The predicted octanol–water partition coefficient (Wildman–Crippen LogP) is 0.500. The van der Waals surface area contributed by atoms with Gasteiger partial charge in [0.15, 0.2) is 0 Å². The van der Waals surface area contributed by atoms with Crippen molar-refractivity contribution < 1.29 is 17.9 Å². The average molecular weight is 327 g/mol. The maximum absolute atomic E-state index is 12.1. The number of pyridine rings is 1. The van der Waals surface area contributed by atoms with Crippen LogP contribution in [0, 0.1) is 0 Å². The van der Waals surface area contributed by atoms with E-state index in [4.69, 9.17) is 9.47 Å². The third-order valence-electron chi connectivity index (χ3n) is 4.10. The van der Waals surface area contributed by atoms with E-state index in [0.717, 1.165) is 12.2 Å². The molecule has 0 aliphatic carbocycles. The molecule has 0 radical (unpaired) electrons. The summed E-state index contributed by atoms with van der Waals surface area (Å²) in [6.45, 7) is 1.36. The zero-order valence-electron chi connectivity index (χ0n) is 12.8. The first-order chi connectivity index (χ1) is 10.4. The van der Waals surface area contributed by atoms with Gasteiger partial charge in [-0.05, 0) is 12.1 Å². The second-order valence-corrected chi connectivity index (χ2v) is 8.15. The Kier molecular flexibility index (Phi) is 4.11. The largest absolute Gasteiger partial charge is 0.489 e. The van der Waals surface area contributed by atoms with E-state index in [1.54, 1.807) is 12.4 Å². The van der Waals surface area contributed by atoms with Crippen molar-refractivity contribution in [3.05, 3.63) is 24.5 Å². The van der Waals surface area contributed by atoms with Crippen LogP contribution in [0.4, 0.5) is 0 Å². The number of aromatic nitrogens is 1. The fourth-order valence-electron chi connectivity index (χ4n) is 2.90. The van der Waals surface area contributed by atoms with Crippen LogP contribution < -0.4 is 4.74 Å². The molecule has 3 rings (SSSR count). The second-order valence-electron chi connectivity index (χ2n) is 6.01. The van der Waals surface area contributed by atoms with Gasteiger partial charge in [-0.25, -0.2) is 0 Å². The normalized spacial score (nSPS) is 25.1. The SMILES string of the molecule is CN(C)S(=O)(=O)N1CC2(C[C@H](Oc3cccnc3)CCO2)C1. The molecule has 0 unspecified atom stereocenters. The quantitative estimate of drug-likeness (QED) is 0.805. The predicted molar refractivity (Wildman–Crippen MR) is 80.7 cm³/mol. The van der Waals surface area contributed by atoms with Crippen LogP contribution >= 0.6 is 0 Å². The van der Waals surface area contributed by atoms with E-state index in [-0.39, 0.29) is 6.10 Å². The molecule has 122 valence electrons. The molecule has 0 N–H and O–H groups in total. The zero-order valence-corrected chi connectivity index (χ0v) is 13.6. The first kappa shape index (κ1) is 15.7. The molecule has 0 saturated carbocycles. The molecule has 0 amide bonds. The van der Waals surface area contributed by atoms with Gasteiger partial charge in [0.1, 0.15) is 11.9 Å². The van der Waals surface area contributed by atoms with Gasteiger partial charge in [0.05, 0.1) is 18.4 Å². The molecule has 1 atom stereocenters. The topological polar surface area (TPSA) is 72.0 Å². The zero-order chi connectivity index (χ0) is 15.8. The van der Waals surface area contributed by atoms with E-state index in [1.807, 2.05) is 12.1 Å². The number of nitrogens with zero attached hydrogens (tertiary/aromatic N) is 3. The lowest BCUT2D eigenvalue weighted by Gasteiger charge is -2.52. The number of rotatable bonds is 4. The highest BCUT2D eigenvalue weighted by Gasteiger charge is 2.52. The number of hydrogen-bond donors (Lipinski definition) is 0. The van der Waals surface area contributed by atoms with Crippen LogP contribution in [0.3, 0.4) is 0 Å². The van der Waals surface area contributed by atoms with Crippen molar-refractivity contribution >= 4 is 10.2 Å². The Morgan fingerprint density at radius 1 is 1.45 bits per heavy atom. The minimum absolute atomic E-state index is 0.0298. The van der Waals surface area contributed by atoms with Crippen LogP contribution in [0.15, 0.2) is 24.5 Å². The molecule has 3 heterocycles. The van der Waals surface area contributed by atoms with E-state index in [0.29, 0.717) is 26.1 Å². The molecular weight excluding hydrogens is 306 g/mol. The lowest BCUT2D eigenvalue weighted by atomic mass is 9.86. The summed E-state index contributed by atoms with van der Waals surface area (Å²) in [6, 6.07) is 3.71. The molecule has 22 heavy (non-hydrogen) atoms. The summed E-state index contributed by atoms with van der Waals surface area (Å²) < 4.78 is 38.6. The molecule has 1 spiro atoms. The molecule has 2 aliphatic heterocycles. The summed E-state index contributed by atoms with van der Waals surface area (Å²) in [4.78, 5) is 4.04. The highest BCUT2D eigenvalue weighted by Crippen LogP contribution is 2.37. The van der Waals surface area contributed by atoms with Crippen LogP contribution in [0.1, 0.15) is 12.8 Å². The standard InChI is InChI=1S/C14H21N3O4S/c1-16(2)22(18,19)17-10-14(11-17)8-12(5-7-20-14)21-13-4-3-6-15-9-13/h3-4,6,9,12H,5,7-8,10-11H2,1-2H3/t12-/m1/s1. The van der Waals surface area contributed by atoms with Crippen molar-refractivity contribution in [1.82, 2.24) is 13.6 Å². The average Bonchev–Trinajstić information content (AvgIpc) is 2.46. The fraction of sp³-hybridized carbons (Fsp3) is 0.643. The number of ether oxygens (including phenoxy) is 2. The fourth-order valence-corrected chi connectivity index (χ4v) is 4.16. The van der Waals surface area contributed by atoms with Gasteiger partial charge >= 0.3 is 0 Å². The Bertz CT molecular complexity index is 614. The summed E-state index contributed by atoms with van der Waals surface area (Å²) in [5.41, 5.74) is -0.409. The summed E-state index contributed by atoms with van der Waals surface area (Å²) in [5, 5.41) is 0. The molecule has 2 saturated heterocycles. The molecule has 2 fully saturated rings. The van der Waals surface area contributed by atoms with Gasteiger partial charge in [-0.15, -0.1) is 0 Å². The van der Waals surface area contributed by atoms with Gasteiger partial charge < -0.3 is 9.47 Å². The van der Waals surface area contributed by atoms with Gasteiger partial charge in [0, 0.05) is 46.2 Å². The lowest BCUT2D eigenvalue weighted by Crippen LogP contribution is -2.68. The van der Waals surface area contributed by atoms with Gasteiger partial charge in [-0.2, -0.15) is 17.0 Å². The molecule has 2 aliphatic rings. The van der Waals surface area contributed by atoms with Crippen LogP contribution in [-0.2, 0) is 14.9 Å². The molecule has 1 aromatic heterocycles. The van der Waals surface area contributed by atoms with Crippen molar-refractivity contribution in [2.45, 2.75) is 24.5 Å². The second kappa shape index (κ2) is 5.77. The van der Waals surface area contributed by atoms with Gasteiger partial charge in [0.2, 0.25) is 0 Å². The van der Waals surface area contributed by atoms with Crippen molar-refractivity contribution in [1.29, 1.82) is 0 Å². The van der Waals surface area contributed by atoms with Crippen molar-refractivity contribution in [3.8, 4) is 5.75 Å². The van der Waals surface area contributed by atoms with Crippen LogP contribution in [0.5, 0.6) is 5.75 Å². The Morgan fingerprint density at radius 2 is 2.23 bits per heavy atom. The molecular formula is C14H21N3O4S. The summed E-state index contributed by atoms with van der Waals surface area (Å²) in [7, 11) is -0.280.